The molecule has 5 aliphatic carbocycles. The Labute approximate surface area is 186 Å². The molecule has 0 aromatic heterocycles. The largest absolute Gasteiger partial charge is 0.487 e. The lowest BCUT2D eigenvalue weighted by molar-refractivity contribution is -0.132. The van der Waals surface area contributed by atoms with Crippen LogP contribution >= 0.6 is 0 Å². The summed E-state index contributed by atoms with van der Waals surface area (Å²) in [6, 6.07) is 4.61. The number of fused-ring (bicyclic) bond motifs is 3. The van der Waals surface area contributed by atoms with Crippen molar-refractivity contribution in [3.05, 3.63) is 34.9 Å². The fraction of sp³-hybridized carbons (Fsp3) is 0.679. The van der Waals surface area contributed by atoms with Crippen LogP contribution in [0.5, 0.6) is 11.5 Å². The number of rotatable bonds is 2. The summed E-state index contributed by atoms with van der Waals surface area (Å²) in [4.78, 5) is 12.1. The third-order valence-electron chi connectivity index (χ3n) is 9.39. The number of allylic oxidation sites excluding steroid dienone is 2. The van der Waals surface area contributed by atoms with Gasteiger partial charge in [-0.25, -0.2) is 0 Å². The van der Waals surface area contributed by atoms with E-state index in [1.54, 1.807) is 0 Å². The van der Waals surface area contributed by atoms with Crippen LogP contribution in [0.2, 0.25) is 0 Å². The van der Waals surface area contributed by atoms with Crippen molar-refractivity contribution in [3.63, 3.8) is 0 Å². The van der Waals surface area contributed by atoms with E-state index >= 15 is 0 Å². The molecule has 1 aliphatic heterocycles. The molecule has 31 heavy (non-hydrogen) atoms. The van der Waals surface area contributed by atoms with Gasteiger partial charge in [-0.05, 0) is 113 Å². The zero-order valence-electron chi connectivity index (χ0n) is 19.5. The lowest BCUT2D eigenvalue weighted by Gasteiger charge is -2.57. The number of ether oxygens (including phenoxy) is 2. The van der Waals surface area contributed by atoms with E-state index in [4.69, 9.17) is 9.47 Å². The second kappa shape index (κ2) is 6.62. The maximum Gasteiger partial charge on any atom is 0.308 e. The summed E-state index contributed by atoms with van der Waals surface area (Å²) in [6.45, 7) is 8.24. The zero-order chi connectivity index (χ0) is 21.5. The number of hydrogen-bond acceptors (Lipinski definition) is 3. The minimum absolute atomic E-state index is 0.220. The van der Waals surface area contributed by atoms with E-state index in [1.165, 1.54) is 56.6 Å². The van der Waals surface area contributed by atoms with Crippen molar-refractivity contribution >= 4 is 5.97 Å². The summed E-state index contributed by atoms with van der Waals surface area (Å²) >= 11 is 0. The molecular weight excluding hydrogens is 384 g/mol. The molecular formula is C28H36O3. The van der Waals surface area contributed by atoms with E-state index in [0.717, 1.165) is 47.7 Å². The van der Waals surface area contributed by atoms with Gasteiger partial charge in [0.05, 0.1) is 0 Å². The van der Waals surface area contributed by atoms with Crippen LogP contribution in [0.15, 0.2) is 23.8 Å². The van der Waals surface area contributed by atoms with E-state index in [0.29, 0.717) is 11.8 Å². The Morgan fingerprint density at radius 3 is 2.32 bits per heavy atom. The van der Waals surface area contributed by atoms with Crippen molar-refractivity contribution in [2.45, 2.75) is 96.0 Å². The van der Waals surface area contributed by atoms with Crippen LogP contribution < -0.4 is 9.47 Å². The SMILES string of the molecule is CC(=O)Oc1cc(C23CC4CC(CC(C4)C2)C3)cc2c1[C@@H]1CC(C)=CC[C@H]1C(C)(C)O2. The maximum absolute atomic E-state index is 12.1. The number of esters is 1. The van der Waals surface area contributed by atoms with Gasteiger partial charge in [0.1, 0.15) is 17.1 Å². The molecule has 1 heterocycles. The van der Waals surface area contributed by atoms with Crippen molar-refractivity contribution in [1.29, 1.82) is 0 Å². The molecule has 0 amide bonds. The second-order valence-electron chi connectivity index (χ2n) is 12.1. The Hall–Kier alpha value is -1.77. The molecule has 4 bridgehead atoms. The summed E-state index contributed by atoms with van der Waals surface area (Å²) in [5, 5.41) is 0. The Bertz CT molecular complexity index is 933. The third-order valence-corrected chi connectivity index (χ3v) is 9.39. The second-order valence-corrected chi connectivity index (χ2v) is 12.1. The van der Waals surface area contributed by atoms with E-state index in [1.807, 2.05) is 0 Å². The van der Waals surface area contributed by atoms with E-state index in [-0.39, 0.29) is 17.0 Å². The highest BCUT2D eigenvalue weighted by Crippen LogP contribution is 2.62. The van der Waals surface area contributed by atoms with Gasteiger partial charge in [-0.2, -0.15) is 0 Å². The molecule has 0 saturated heterocycles. The van der Waals surface area contributed by atoms with Gasteiger partial charge >= 0.3 is 5.97 Å². The minimum Gasteiger partial charge on any atom is -0.487 e. The lowest BCUT2D eigenvalue weighted by atomic mass is 9.48. The van der Waals surface area contributed by atoms with Crippen molar-refractivity contribution in [3.8, 4) is 11.5 Å². The van der Waals surface area contributed by atoms with Crippen LogP contribution in [0.4, 0.5) is 0 Å². The average molecular weight is 421 g/mol. The van der Waals surface area contributed by atoms with Crippen molar-refractivity contribution < 1.29 is 14.3 Å². The number of carbonyl (C=O) groups is 1. The average Bonchev–Trinajstić information content (AvgIpc) is 2.65. The first-order chi connectivity index (χ1) is 14.7. The van der Waals surface area contributed by atoms with Gasteiger partial charge in [0.2, 0.25) is 0 Å². The van der Waals surface area contributed by atoms with Crippen LogP contribution in [0, 0.1) is 23.7 Å². The Kier molecular flexibility index (Phi) is 4.25. The first-order valence-corrected chi connectivity index (χ1v) is 12.4. The quantitative estimate of drug-likeness (QED) is 0.304. The van der Waals surface area contributed by atoms with Gasteiger partial charge in [0, 0.05) is 24.3 Å². The van der Waals surface area contributed by atoms with Gasteiger partial charge in [0.25, 0.3) is 0 Å². The fourth-order valence-electron chi connectivity index (χ4n) is 8.56. The highest BCUT2D eigenvalue weighted by Gasteiger charge is 2.53. The summed E-state index contributed by atoms with van der Waals surface area (Å²) in [5.41, 5.74) is 3.98. The number of carbonyl (C=O) groups excluding carboxylic acids is 1. The van der Waals surface area contributed by atoms with Crippen molar-refractivity contribution in [2.75, 3.05) is 0 Å². The van der Waals surface area contributed by atoms with Gasteiger partial charge < -0.3 is 9.47 Å². The molecule has 4 saturated carbocycles. The zero-order valence-corrected chi connectivity index (χ0v) is 19.5. The molecule has 4 fully saturated rings. The molecule has 1 aromatic carbocycles. The Balaban J connectivity index is 1.50. The first kappa shape index (κ1) is 19.9. The molecule has 0 spiro atoms. The van der Waals surface area contributed by atoms with Crippen LogP contribution in [0.3, 0.4) is 0 Å². The van der Waals surface area contributed by atoms with E-state index < -0.39 is 0 Å². The molecule has 3 heteroatoms. The summed E-state index contributed by atoms with van der Waals surface area (Å²) in [7, 11) is 0. The van der Waals surface area contributed by atoms with Crippen LogP contribution in [-0.2, 0) is 10.2 Å². The molecule has 0 radical (unpaired) electrons. The first-order valence-electron chi connectivity index (χ1n) is 12.4. The normalized spacial score (nSPS) is 39.2. The highest BCUT2D eigenvalue weighted by atomic mass is 16.5. The predicted octanol–water partition coefficient (Wildman–Crippen LogP) is 6.69. The van der Waals surface area contributed by atoms with Crippen LogP contribution in [0.1, 0.15) is 96.1 Å². The lowest BCUT2D eigenvalue weighted by Crippen LogP contribution is -2.49. The molecule has 166 valence electrons. The van der Waals surface area contributed by atoms with Crippen molar-refractivity contribution in [2.24, 2.45) is 23.7 Å². The summed E-state index contributed by atoms with van der Waals surface area (Å²) in [5.74, 6) is 4.93. The minimum atomic E-state index is -0.227. The molecule has 0 unspecified atom stereocenters. The monoisotopic (exact) mass is 420 g/mol. The topological polar surface area (TPSA) is 35.5 Å². The van der Waals surface area contributed by atoms with Gasteiger partial charge in [-0.3, -0.25) is 4.79 Å². The number of benzene rings is 1. The van der Waals surface area contributed by atoms with Crippen LogP contribution in [0.25, 0.3) is 0 Å². The van der Waals surface area contributed by atoms with Crippen LogP contribution in [-0.4, -0.2) is 11.6 Å². The Morgan fingerprint density at radius 1 is 1.06 bits per heavy atom. The molecule has 0 N–H and O–H groups in total. The molecule has 3 nitrogen and oxygen atoms in total. The van der Waals surface area contributed by atoms with E-state index in [2.05, 4.69) is 39.0 Å². The smallest absolute Gasteiger partial charge is 0.308 e. The maximum atomic E-state index is 12.1. The molecule has 6 aliphatic rings. The third kappa shape index (κ3) is 3.09. The Morgan fingerprint density at radius 2 is 1.71 bits per heavy atom. The fourth-order valence-corrected chi connectivity index (χ4v) is 8.56. The number of hydrogen-bond donors (Lipinski definition) is 0. The van der Waals surface area contributed by atoms with Gasteiger partial charge in [-0.1, -0.05) is 11.6 Å². The molecule has 7 rings (SSSR count). The predicted molar refractivity (Wildman–Crippen MR) is 122 cm³/mol. The van der Waals surface area contributed by atoms with E-state index in [9.17, 15) is 4.79 Å². The summed E-state index contributed by atoms with van der Waals surface area (Å²) in [6.07, 6.45) is 12.6. The highest BCUT2D eigenvalue weighted by molar-refractivity contribution is 5.71. The standard InChI is InChI=1S/C28H36O3/c1-16-5-6-23-22(7-16)26-24(30-17(2)29)11-21(12-25(26)31-27(23,3)4)28-13-18-8-19(14-28)10-20(9-18)15-28/h5,11-12,18-20,22-23H,6-10,13-15H2,1-4H3/t18?,19?,20?,22-,23-,28?/m1/s1. The van der Waals surface area contributed by atoms with Gasteiger partial charge in [-0.15, -0.1) is 0 Å². The van der Waals surface area contributed by atoms with Gasteiger partial charge in [0.15, 0.2) is 0 Å². The molecule has 1 aromatic rings. The summed E-state index contributed by atoms with van der Waals surface area (Å²) < 4.78 is 12.7. The molecule has 2 atom stereocenters. The van der Waals surface area contributed by atoms with Crippen molar-refractivity contribution in [1.82, 2.24) is 0 Å².